The van der Waals surface area contributed by atoms with E-state index in [9.17, 15) is 4.39 Å². The van der Waals surface area contributed by atoms with Crippen molar-refractivity contribution in [3.05, 3.63) is 35.1 Å². The number of hydrogen-bond acceptors (Lipinski definition) is 2. The van der Waals surface area contributed by atoms with Gasteiger partial charge < -0.3 is 5.32 Å². The largest absolute Gasteiger partial charge is 0.316 e. The maximum Gasteiger partial charge on any atom is 0.123 e. The first kappa shape index (κ1) is 14.5. The van der Waals surface area contributed by atoms with E-state index in [1.807, 2.05) is 24.8 Å². The molecule has 0 saturated carbocycles. The van der Waals surface area contributed by atoms with Crippen LogP contribution in [0.5, 0.6) is 0 Å². The SMILES string of the molecule is CCSCCCNCCc1ccc(F)cc1C. The molecule has 0 unspecified atom stereocenters. The van der Waals surface area contributed by atoms with Crippen molar-refractivity contribution in [2.45, 2.75) is 26.7 Å². The summed E-state index contributed by atoms with van der Waals surface area (Å²) in [6, 6.07) is 5.03. The molecule has 3 heteroatoms. The van der Waals surface area contributed by atoms with Gasteiger partial charge >= 0.3 is 0 Å². The van der Waals surface area contributed by atoms with Gasteiger partial charge in [0.25, 0.3) is 0 Å². The second-order valence-electron chi connectivity index (χ2n) is 4.12. The Morgan fingerprint density at radius 2 is 2.12 bits per heavy atom. The highest BCUT2D eigenvalue weighted by Gasteiger charge is 1.99. The van der Waals surface area contributed by atoms with E-state index in [0.29, 0.717) is 0 Å². The van der Waals surface area contributed by atoms with Crippen molar-refractivity contribution < 1.29 is 4.39 Å². The molecule has 0 bridgehead atoms. The van der Waals surface area contributed by atoms with Gasteiger partial charge in [-0.15, -0.1) is 0 Å². The molecule has 1 nitrogen and oxygen atoms in total. The molecule has 0 amide bonds. The Hall–Kier alpha value is -0.540. The maximum absolute atomic E-state index is 12.9. The van der Waals surface area contributed by atoms with Crippen LogP contribution < -0.4 is 5.32 Å². The van der Waals surface area contributed by atoms with Crippen LogP contribution in [0.1, 0.15) is 24.5 Å². The van der Waals surface area contributed by atoms with Crippen LogP contribution in [0.15, 0.2) is 18.2 Å². The van der Waals surface area contributed by atoms with Gasteiger partial charge in [-0.25, -0.2) is 4.39 Å². The van der Waals surface area contributed by atoms with E-state index in [0.717, 1.165) is 25.1 Å². The Balaban J connectivity index is 2.14. The molecular weight excluding hydrogens is 233 g/mol. The molecule has 1 rings (SSSR count). The molecule has 17 heavy (non-hydrogen) atoms. The van der Waals surface area contributed by atoms with Crippen LogP contribution in [-0.2, 0) is 6.42 Å². The molecule has 0 atom stereocenters. The molecule has 1 aromatic rings. The van der Waals surface area contributed by atoms with E-state index in [1.54, 1.807) is 12.1 Å². The highest BCUT2D eigenvalue weighted by molar-refractivity contribution is 7.99. The predicted octanol–water partition coefficient (Wildman–Crippen LogP) is 3.41. The van der Waals surface area contributed by atoms with E-state index in [2.05, 4.69) is 12.2 Å². The number of aryl methyl sites for hydroxylation is 1. The number of hydrogen-bond donors (Lipinski definition) is 1. The van der Waals surface area contributed by atoms with Gasteiger partial charge in [-0.05, 0) is 67.6 Å². The molecule has 0 aromatic heterocycles. The van der Waals surface area contributed by atoms with Crippen LogP contribution in [0.4, 0.5) is 4.39 Å². The van der Waals surface area contributed by atoms with Crippen LogP contribution >= 0.6 is 11.8 Å². The van der Waals surface area contributed by atoms with Gasteiger partial charge in [0.05, 0.1) is 0 Å². The molecule has 96 valence electrons. The Labute approximate surface area is 108 Å². The molecule has 0 aliphatic carbocycles. The summed E-state index contributed by atoms with van der Waals surface area (Å²) in [6.45, 7) is 6.21. The average Bonchev–Trinajstić information content (AvgIpc) is 2.30. The number of halogens is 1. The summed E-state index contributed by atoms with van der Waals surface area (Å²) in [7, 11) is 0. The van der Waals surface area contributed by atoms with E-state index in [1.165, 1.54) is 23.5 Å². The smallest absolute Gasteiger partial charge is 0.123 e. The second-order valence-corrected chi connectivity index (χ2v) is 5.52. The minimum Gasteiger partial charge on any atom is -0.316 e. The zero-order valence-corrected chi connectivity index (χ0v) is 11.6. The Bertz CT molecular complexity index is 328. The quantitative estimate of drug-likeness (QED) is 0.714. The Morgan fingerprint density at radius 3 is 2.82 bits per heavy atom. The Kier molecular flexibility index (Phi) is 7.29. The highest BCUT2D eigenvalue weighted by Crippen LogP contribution is 2.10. The molecule has 0 aliphatic heterocycles. The third-order valence-electron chi connectivity index (χ3n) is 2.72. The zero-order chi connectivity index (χ0) is 12.5. The van der Waals surface area contributed by atoms with Gasteiger partial charge in [-0.1, -0.05) is 13.0 Å². The average molecular weight is 255 g/mol. The molecular formula is C14H22FNS. The van der Waals surface area contributed by atoms with Crippen LogP contribution in [0, 0.1) is 12.7 Å². The molecule has 0 saturated heterocycles. The van der Waals surface area contributed by atoms with Gasteiger partial charge in [0, 0.05) is 0 Å². The molecule has 0 aliphatic rings. The van der Waals surface area contributed by atoms with Crippen molar-refractivity contribution >= 4 is 11.8 Å². The molecule has 0 heterocycles. The third-order valence-corrected chi connectivity index (χ3v) is 3.71. The van der Waals surface area contributed by atoms with Crippen LogP contribution in [-0.4, -0.2) is 24.6 Å². The molecule has 1 aromatic carbocycles. The van der Waals surface area contributed by atoms with Crippen molar-refractivity contribution in [2.24, 2.45) is 0 Å². The van der Waals surface area contributed by atoms with Gasteiger partial charge in [0.1, 0.15) is 5.82 Å². The van der Waals surface area contributed by atoms with Gasteiger partial charge in [-0.3, -0.25) is 0 Å². The van der Waals surface area contributed by atoms with Gasteiger partial charge in [-0.2, -0.15) is 11.8 Å². The van der Waals surface area contributed by atoms with Gasteiger partial charge in [0.15, 0.2) is 0 Å². The summed E-state index contributed by atoms with van der Waals surface area (Å²) >= 11 is 1.98. The summed E-state index contributed by atoms with van der Waals surface area (Å²) in [4.78, 5) is 0. The van der Waals surface area contributed by atoms with Gasteiger partial charge in [0.2, 0.25) is 0 Å². The lowest BCUT2D eigenvalue weighted by molar-refractivity contribution is 0.624. The number of rotatable bonds is 8. The first-order valence-electron chi connectivity index (χ1n) is 6.27. The number of nitrogens with one attached hydrogen (secondary N) is 1. The monoisotopic (exact) mass is 255 g/mol. The van der Waals surface area contributed by atoms with Crippen LogP contribution in [0.3, 0.4) is 0 Å². The first-order valence-corrected chi connectivity index (χ1v) is 7.43. The Morgan fingerprint density at radius 1 is 1.29 bits per heavy atom. The van der Waals surface area contributed by atoms with Crippen molar-refractivity contribution in [3.8, 4) is 0 Å². The third kappa shape index (κ3) is 6.08. The van der Waals surface area contributed by atoms with Crippen LogP contribution in [0.25, 0.3) is 0 Å². The van der Waals surface area contributed by atoms with E-state index >= 15 is 0 Å². The summed E-state index contributed by atoms with van der Waals surface area (Å²) in [5.74, 6) is 2.30. The highest BCUT2D eigenvalue weighted by atomic mass is 32.2. The summed E-state index contributed by atoms with van der Waals surface area (Å²) in [5, 5.41) is 3.43. The van der Waals surface area contributed by atoms with Crippen LogP contribution in [0.2, 0.25) is 0 Å². The zero-order valence-electron chi connectivity index (χ0n) is 10.8. The maximum atomic E-state index is 12.9. The molecule has 1 N–H and O–H groups in total. The van der Waals surface area contributed by atoms with Crippen molar-refractivity contribution in [1.82, 2.24) is 5.32 Å². The fourth-order valence-corrected chi connectivity index (χ4v) is 2.37. The minimum atomic E-state index is -0.143. The topological polar surface area (TPSA) is 12.0 Å². The van der Waals surface area contributed by atoms with E-state index in [4.69, 9.17) is 0 Å². The molecule has 0 radical (unpaired) electrons. The summed E-state index contributed by atoms with van der Waals surface area (Å²) in [6.07, 6.45) is 2.20. The lowest BCUT2D eigenvalue weighted by Gasteiger charge is -2.07. The lowest BCUT2D eigenvalue weighted by atomic mass is 10.1. The predicted molar refractivity (Wildman–Crippen MR) is 75.3 cm³/mol. The second kappa shape index (κ2) is 8.54. The molecule has 0 spiro atoms. The summed E-state index contributed by atoms with van der Waals surface area (Å²) in [5.41, 5.74) is 2.29. The minimum absolute atomic E-state index is 0.143. The standard InChI is InChI=1S/C14H22FNS/c1-3-17-10-4-8-16-9-7-13-5-6-14(15)11-12(13)2/h5-6,11,16H,3-4,7-10H2,1-2H3. The van der Waals surface area contributed by atoms with E-state index in [-0.39, 0.29) is 5.82 Å². The fourth-order valence-electron chi connectivity index (χ4n) is 1.73. The van der Waals surface area contributed by atoms with Crippen molar-refractivity contribution in [1.29, 1.82) is 0 Å². The number of benzene rings is 1. The fraction of sp³-hybridized carbons (Fsp3) is 0.571. The number of thioether (sulfide) groups is 1. The first-order chi connectivity index (χ1) is 8.24. The normalized spacial score (nSPS) is 10.8. The molecule has 0 fully saturated rings. The lowest BCUT2D eigenvalue weighted by Crippen LogP contribution is -2.19. The van der Waals surface area contributed by atoms with Crippen molar-refractivity contribution in [3.63, 3.8) is 0 Å². The summed E-state index contributed by atoms with van der Waals surface area (Å²) < 4.78 is 12.9. The van der Waals surface area contributed by atoms with E-state index < -0.39 is 0 Å². The van der Waals surface area contributed by atoms with Crippen molar-refractivity contribution in [2.75, 3.05) is 24.6 Å².